The lowest BCUT2D eigenvalue weighted by atomic mass is 9.99. The van der Waals surface area contributed by atoms with Gasteiger partial charge in [0.1, 0.15) is 5.41 Å². The van der Waals surface area contributed by atoms with Gasteiger partial charge in [0.05, 0.1) is 5.25 Å². The molecule has 2 rings (SSSR count). The zero-order valence-corrected chi connectivity index (χ0v) is 12.5. The molecule has 0 bridgehead atoms. The molecule has 0 aliphatic heterocycles. The van der Waals surface area contributed by atoms with Crippen molar-refractivity contribution in [3.05, 3.63) is 34.9 Å². The Hall–Kier alpha value is -1.11. The van der Waals surface area contributed by atoms with Crippen LogP contribution in [0.5, 0.6) is 0 Å². The van der Waals surface area contributed by atoms with E-state index in [1.165, 1.54) is 6.92 Å². The number of sulfone groups is 1. The van der Waals surface area contributed by atoms with Crippen molar-refractivity contribution in [2.75, 3.05) is 12.3 Å². The molecule has 1 aliphatic rings. The van der Waals surface area contributed by atoms with Crippen LogP contribution in [0.25, 0.3) is 0 Å². The maximum absolute atomic E-state index is 12.1. The van der Waals surface area contributed by atoms with E-state index >= 15 is 0 Å². The number of aliphatic carboxylic acids is 1. The number of benzene rings is 1. The largest absolute Gasteiger partial charge is 0.481 e. The minimum absolute atomic E-state index is 0.100. The summed E-state index contributed by atoms with van der Waals surface area (Å²) in [6.45, 7) is 1.30. The Labute approximate surface area is 122 Å². The van der Waals surface area contributed by atoms with E-state index < -0.39 is 32.4 Å². The summed E-state index contributed by atoms with van der Waals surface area (Å²) in [6.07, 6.45) is 0. The molecule has 5 nitrogen and oxygen atoms in total. The lowest BCUT2D eigenvalue weighted by molar-refractivity contribution is -0.143. The molecule has 7 heteroatoms. The Balaban J connectivity index is 2.50. The van der Waals surface area contributed by atoms with Gasteiger partial charge in [0, 0.05) is 23.2 Å². The Morgan fingerprint density at radius 2 is 1.95 bits per heavy atom. The quantitative estimate of drug-likeness (QED) is 0.852. The third kappa shape index (κ3) is 2.12. The Morgan fingerprint density at radius 3 is 2.35 bits per heavy atom. The van der Waals surface area contributed by atoms with E-state index in [1.807, 2.05) is 0 Å². The van der Waals surface area contributed by atoms with Crippen molar-refractivity contribution in [2.24, 2.45) is 11.1 Å². The minimum atomic E-state index is -3.49. The monoisotopic (exact) mass is 317 g/mol. The predicted octanol–water partition coefficient (Wildman–Crippen LogP) is 1.27. The van der Waals surface area contributed by atoms with E-state index in [1.54, 1.807) is 24.3 Å². The van der Waals surface area contributed by atoms with Gasteiger partial charge in [-0.15, -0.1) is 0 Å². The second-order valence-electron chi connectivity index (χ2n) is 4.95. The highest BCUT2D eigenvalue weighted by Gasteiger charge is 2.74. The summed E-state index contributed by atoms with van der Waals surface area (Å²) in [7, 11) is -3.49. The second kappa shape index (κ2) is 5.02. The number of nitrogens with two attached hydrogens (primary N) is 1. The molecule has 1 aliphatic carbocycles. The number of hydrogen-bond donors (Lipinski definition) is 2. The zero-order chi connectivity index (χ0) is 15.1. The van der Waals surface area contributed by atoms with Gasteiger partial charge in [-0.05, 0) is 17.7 Å². The predicted molar refractivity (Wildman–Crippen MR) is 76.6 cm³/mol. The maximum Gasteiger partial charge on any atom is 0.312 e. The van der Waals surface area contributed by atoms with Gasteiger partial charge in [-0.3, -0.25) is 4.79 Å². The molecule has 20 heavy (non-hydrogen) atoms. The van der Waals surface area contributed by atoms with Gasteiger partial charge in [0.2, 0.25) is 0 Å². The highest BCUT2D eigenvalue weighted by atomic mass is 35.5. The third-order valence-electron chi connectivity index (χ3n) is 4.01. The molecule has 0 saturated heterocycles. The van der Waals surface area contributed by atoms with E-state index in [0.29, 0.717) is 10.6 Å². The number of halogens is 1. The van der Waals surface area contributed by atoms with Crippen LogP contribution >= 0.6 is 11.6 Å². The van der Waals surface area contributed by atoms with Crippen LogP contribution in [0, 0.1) is 5.41 Å². The van der Waals surface area contributed by atoms with Crippen molar-refractivity contribution < 1.29 is 18.3 Å². The molecule has 1 aromatic rings. The number of carbonyl (C=O) groups is 1. The lowest BCUT2D eigenvalue weighted by Gasteiger charge is -2.09. The first-order chi connectivity index (χ1) is 9.31. The second-order valence-corrected chi connectivity index (χ2v) is 7.80. The fourth-order valence-electron chi connectivity index (χ4n) is 2.84. The molecule has 3 N–H and O–H groups in total. The highest BCUT2D eigenvalue weighted by Crippen LogP contribution is 2.62. The highest BCUT2D eigenvalue weighted by molar-refractivity contribution is 7.92. The number of carboxylic acid groups (broad SMARTS) is 1. The van der Waals surface area contributed by atoms with Crippen molar-refractivity contribution in [3.63, 3.8) is 0 Å². The van der Waals surface area contributed by atoms with Crippen molar-refractivity contribution in [1.82, 2.24) is 0 Å². The van der Waals surface area contributed by atoms with Crippen molar-refractivity contribution >= 4 is 27.4 Å². The van der Waals surface area contributed by atoms with Gasteiger partial charge < -0.3 is 10.8 Å². The summed E-state index contributed by atoms with van der Waals surface area (Å²) < 4.78 is 24.3. The molecule has 0 aromatic heterocycles. The van der Waals surface area contributed by atoms with E-state index in [-0.39, 0.29) is 12.3 Å². The first kappa shape index (κ1) is 15.3. The van der Waals surface area contributed by atoms with Gasteiger partial charge in [0.25, 0.3) is 0 Å². The standard InChI is InChI=1S/C13H16ClNO4S/c1-2-20(18,19)11-10(13(11,7-15)12(16)17)8-3-5-9(14)6-4-8/h3-6,10-11H,2,7,15H2,1H3,(H,16,17)/t10-,11-,13+/m1/s1. The smallest absolute Gasteiger partial charge is 0.312 e. The summed E-state index contributed by atoms with van der Waals surface area (Å²) in [6, 6.07) is 6.55. The Kier molecular flexibility index (Phi) is 3.83. The zero-order valence-electron chi connectivity index (χ0n) is 10.9. The molecule has 0 amide bonds. The van der Waals surface area contributed by atoms with E-state index in [0.717, 1.165) is 0 Å². The first-order valence-corrected chi connectivity index (χ1v) is 8.31. The molecule has 0 radical (unpaired) electrons. The summed E-state index contributed by atoms with van der Waals surface area (Å²) >= 11 is 5.80. The van der Waals surface area contributed by atoms with Crippen LogP contribution in [-0.2, 0) is 14.6 Å². The Morgan fingerprint density at radius 1 is 1.40 bits per heavy atom. The van der Waals surface area contributed by atoms with Crippen molar-refractivity contribution in [1.29, 1.82) is 0 Å². The van der Waals surface area contributed by atoms with E-state index in [4.69, 9.17) is 17.3 Å². The Bertz CT molecular complexity index is 628. The topological polar surface area (TPSA) is 97.5 Å². The summed E-state index contributed by atoms with van der Waals surface area (Å²) in [4.78, 5) is 11.6. The van der Waals surface area contributed by atoms with Gasteiger partial charge in [-0.2, -0.15) is 0 Å². The van der Waals surface area contributed by atoms with Crippen molar-refractivity contribution in [3.8, 4) is 0 Å². The van der Waals surface area contributed by atoms with Crippen LogP contribution in [0.3, 0.4) is 0 Å². The van der Waals surface area contributed by atoms with Gasteiger partial charge in [-0.1, -0.05) is 30.7 Å². The molecule has 1 saturated carbocycles. The van der Waals surface area contributed by atoms with Gasteiger partial charge >= 0.3 is 5.97 Å². The van der Waals surface area contributed by atoms with Crippen LogP contribution < -0.4 is 5.73 Å². The first-order valence-electron chi connectivity index (χ1n) is 6.21. The van der Waals surface area contributed by atoms with Crippen LogP contribution in [-0.4, -0.2) is 37.0 Å². The molecule has 3 atom stereocenters. The van der Waals surface area contributed by atoms with Gasteiger partial charge in [0.15, 0.2) is 9.84 Å². The van der Waals surface area contributed by atoms with Crippen LogP contribution in [0.15, 0.2) is 24.3 Å². The minimum Gasteiger partial charge on any atom is -0.481 e. The summed E-state index contributed by atoms with van der Waals surface area (Å²) in [5.41, 5.74) is 4.81. The van der Waals surface area contributed by atoms with Crippen LogP contribution in [0.2, 0.25) is 5.02 Å². The van der Waals surface area contributed by atoms with E-state index in [2.05, 4.69) is 0 Å². The SMILES string of the molecule is CCS(=O)(=O)[C@@H]1[C@@H](c2ccc(Cl)cc2)[C@]1(CN)C(=O)O. The molecule has 1 aromatic carbocycles. The molecule has 0 unspecified atom stereocenters. The molecular formula is C13H16ClNO4S. The summed E-state index contributed by atoms with van der Waals surface area (Å²) in [5, 5.41) is 8.99. The number of hydrogen-bond acceptors (Lipinski definition) is 4. The number of carboxylic acids is 1. The normalized spacial score (nSPS) is 29.1. The fourth-order valence-corrected chi connectivity index (χ4v) is 5.05. The lowest BCUT2D eigenvalue weighted by Crippen LogP contribution is -2.32. The average Bonchev–Trinajstić information content (AvgIpc) is 3.11. The van der Waals surface area contributed by atoms with Gasteiger partial charge in [-0.25, -0.2) is 8.42 Å². The average molecular weight is 318 g/mol. The van der Waals surface area contributed by atoms with Crippen LogP contribution in [0.1, 0.15) is 18.4 Å². The number of rotatable bonds is 5. The molecular weight excluding hydrogens is 302 g/mol. The molecule has 0 heterocycles. The summed E-state index contributed by atoms with van der Waals surface area (Å²) in [5.74, 6) is -1.88. The van der Waals surface area contributed by atoms with E-state index in [9.17, 15) is 18.3 Å². The van der Waals surface area contributed by atoms with Crippen LogP contribution in [0.4, 0.5) is 0 Å². The maximum atomic E-state index is 12.1. The molecule has 0 spiro atoms. The molecule has 110 valence electrons. The fraction of sp³-hybridized carbons (Fsp3) is 0.462. The third-order valence-corrected chi connectivity index (χ3v) is 6.53. The molecule has 1 fully saturated rings. The van der Waals surface area contributed by atoms with Crippen molar-refractivity contribution in [2.45, 2.75) is 18.1 Å².